The maximum atomic E-state index is 9.88. The number of aromatic nitrogens is 4. The second-order valence-electron chi connectivity index (χ2n) is 16.5. The van der Waals surface area contributed by atoms with Crippen LogP contribution in [0.3, 0.4) is 0 Å². The van der Waals surface area contributed by atoms with Gasteiger partial charge in [0.1, 0.15) is 0 Å². The van der Waals surface area contributed by atoms with Crippen LogP contribution in [0.5, 0.6) is 0 Å². The van der Waals surface area contributed by atoms with Crippen LogP contribution in [0.15, 0.2) is 188 Å². The number of nitrogens with zero attached hydrogens (tertiary/aromatic N) is 5. The Labute approximate surface area is 362 Å². The zero-order chi connectivity index (χ0) is 41.5. The predicted octanol–water partition coefficient (Wildman–Crippen LogP) is 14.0. The lowest BCUT2D eigenvalue weighted by molar-refractivity contribution is 0.353. The van der Waals surface area contributed by atoms with E-state index in [1.807, 2.05) is 48.7 Å². The summed E-state index contributed by atoms with van der Waals surface area (Å²) in [7, 11) is 0. The van der Waals surface area contributed by atoms with Crippen molar-refractivity contribution in [2.24, 2.45) is 0 Å². The van der Waals surface area contributed by atoms with Gasteiger partial charge in [0.05, 0.1) is 11.6 Å². The van der Waals surface area contributed by atoms with Crippen molar-refractivity contribution in [3.8, 4) is 95.9 Å². The second kappa shape index (κ2) is 15.7. The minimum Gasteiger partial charge on any atom is -0.264 e. The average Bonchev–Trinajstić information content (AvgIpc) is 3.62. The quantitative estimate of drug-likeness (QED) is 0.161. The van der Waals surface area contributed by atoms with Gasteiger partial charge in [0.2, 0.25) is 0 Å². The van der Waals surface area contributed by atoms with Gasteiger partial charge < -0.3 is 0 Å². The molecule has 11 rings (SSSR count). The summed E-state index contributed by atoms with van der Waals surface area (Å²) in [6.45, 7) is 0. The molecule has 1 spiro atoms. The van der Waals surface area contributed by atoms with Crippen LogP contribution in [0.2, 0.25) is 0 Å². The number of rotatable bonds is 7. The Bertz CT molecular complexity index is 3160. The molecular formula is C57H41N5. The summed E-state index contributed by atoms with van der Waals surface area (Å²) in [6, 6.07) is 64.3. The molecule has 1 saturated carbocycles. The highest BCUT2D eigenvalue weighted by Gasteiger charge is 2.44. The molecule has 0 radical (unpaired) electrons. The number of hydrogen-bond acceptors (Lipinski definition) is 5. The first kappa shape index (κ1) is 37.2. The molecule has 2 aromatic heterocycles. The molecule has 9 aromatic rings. The first-order valence-electron chi connectivity index (χ1n) is 21.5. The van der Waals surface area contributed by atoms with Crippen LogP contribution in [0.1, 0.15) is 48.8 Å². The lowest BCUT2D eigenvalue weighted by Gasteiger charge is -2.36. The monoisotopic (exact) mass is 795 g/mol. The SMILES string of the molecule is N#Cc1ccc2c(c1)C1(CCCCC1)c1cccc(-c3cccc(-c4cccc(-c5cccc(-c6nc(-c7ccccc7)nc(-c7ccc(-c8cccnc8)cc7)n6)c5)c4)c3)c1-2. The number of pyridine rings is 1. The summed E-state index contributed by atoms with van der Waals surface area (Å²) >= 11 is 0. The Morgan fingerprint density at radius 1 is 0.403 bits per heavy atom. The molecule has 1 fully saturated rings. The van der Waals surface area contributed by atoms with Gasteiger partial charge in [0, 0.05) is 34.5 Å². The Balaban J connectivity index is 0.945. The molecule has 2 aliphatic carbocycles. The molecule has 62 heavy (non-hydrogen) atoms. The third-order valence-corrected chi connectivity index (χ3v) is 12.8. The van der Waals surface area contributed by atoms with Crippen molar-refractivity contribution >= 4 is 0 Å². The van der Waals surface area contributed by atoms with Crippen LogP contribution >= 0.6 is 0 Å². The first-order chi connectivity index (χ1) is 30.6. The molecule has 0 saturated heterocycles. The molecule has 294 valence electrons. The van der Waals surface area contributed by atoms with Crippen molar-refractivity contribution < 1.29 is 0 Å². The summed E-state index contributed by atoms with van der Waals surface area (Å²) < 4.78 is 0. The van der Waals surface area contributed by atoms with Crippen LogP contribution in [0.25, 0.3) is 89.8 Å². The standard InChI is InChI=1S/C57H41N5/c58-36-38-23-28-50-52(32-38)57(29-5-2-6-30-57)51-22-10-21-49(53(50)51)46-18-8-16-44(34-46)42-14-7-15-43(33-42)45-17-9-19-47(35-45)56-61-54(40-12-3-1-4-13-40)60-55(62-56)41-26-24-39(25-27-41)48-20-11-31-59-37-48/h1,3-4,7-28,31-35,37H,2,5-6,29-30H2. The van der Waals surface area contributed by atoms with Crippen molar-refractivity contribution in [3.05, 3.63) is 205 Å². The summed E-state index contributed by atoms with van der Waals surface area (Å²) in [6.07, 6.45) is 9.61. The van der Waals surface area contributed by atoms with Gasteiger partial charge in [0.15, 0.2) is 17.5 Å². The fraction of sp³-hybridized carbons (Fsp3) is 0.105. The smallest absolute Gasteiger partial charge is 0.164 e. The molecular weight excluding hydrogens is 755 g/mol. The fourth-order valence-electron chi connectivity index (χ4n) is 9.83. The van der Waals surface area contributed by atoms with Crippen molar-refractivity contribution in [2.45, 2.75) is 37.5 Å². The van der Waals surface area contributed by atoms with E-state index < -0.39 is 0 Å². The molecule has 7 aromatic carbocycles. The molecule has 2 aliphatic rings. The zero-order valence-electron chi connectivity index (χ0n) is 34.2. The Morgan fingerprint density at radius 3 is 1.61 bits per heavy atom. The predicted molar refractivity (Wildman–Crippen MR) is 250 cm³/mol. The lowest BCUT2D eigenvalue weighted by atomic mass is 9.67. The average molecular weight is 796 g/mol. The fourth-order valence-corrected chi connectivity index (χ4v) is 9.83. The highest BCUT2D eigenvalue weighted by atomic mass is 15.0. The number of hydrogen-bond donors (Lipinski definition) is 0. The highest BCUT2D eigenvalue weighted by Crippen LogP contribution is 2.58. The molecule has 0 N–H and O–H groups in total. The molecule has 2 heterocycles. The molecule has 5 heteroatoms. The van der Waals surface area contributed by atoms with Gasteiger partial charge in [-0.2, -0.15) is 5.26 Å². The van der Waals surface area contributed by atoms with E-state index in [1.165, 1.54) is 52.6 Å². The van der Waals surface area contributed by atoms with Gasteiger partial charge in [-0.1, -0.05) is 159 Å². The third-order valence-electron chi connectivity index (χ3n) is 12.8. The number of nitriles is 1. The molecule has 0 bridgehead atoms. The van der Waals surface area contributed by atoms with E-state index in [1.54, 1.807) is 6.20 Å². The Morgan fingerprint density at radius 2 is 0.952 bits per heavy atom. The highest BCUT2D eigenvalue weighted by molar-refractivity contribution is 5.94. The molecule has 0 atom stereocenters. The maximum Gasteiger partial charge on any atom is 0.164 e. The van der Waals surface area contributed by atoms with Crippen LogP contribution in [-0.4, -0.2) is 19.9 Å². The molecule has 0 aliphatic heterocycles. The minimum atomic E-state index is -0.0233. The summed E-state index contributed by atoms with van der Waals surface area (Å²) in [4.78, 5) is 19.4. The van der Waals surface area contributed by atoms with Gasteiger partial charge in [-0.15, -0.1) is 0 Å². The van der Waals surface area contributed by atoms with Crippen LogP contribution < -0.4 is 0 Å². The van der Waals surface area contributed by atoms with E-state index in [0.29, 0.717) is 17.5 Å². The Hall–Kier alpha value is -7.81. The van der Waals surface area contributed by atoms with Crippen LogP contribution in [0, 0.1) is 11.3 Å². The van der Waals surface area contributed by atoms with Crippen molar-refractivity contribution in [1.29, 1.82) is 5.26 Å². The van der Waals surface area contributed by atoms with Gasteiger partial charge in [0.25, 0.3) is 0 Å². The van der Waals surface area contributed by atoms with Crippen molar-refractivity contribution in [1.82, 2.24) is 19.9 Å². The first-order valence-corrected chi connectivity index (χ1v) is 21.5. The van der Waals surface area contributed by atoms with E-state index in [-0.39, 0.29) is 5.41 Å². The summed E-state index contributed by atoms with van der Waals surface area (Å²) in [5, 5.41) is 9.88. The van der Waals surface area contributed by atoms with E-state index in [0.717, 1.165) is 68.5 Å². The van der Waals surface area contributed by atoms with Gasteiger partial charge in [-0.25, -0.2) is 15.0 Å². The van der Waals surface area contributed by atoms with E-state index in [2.05, 4.69) is 145 Å². The lowest BCUT2D eigenvalue weighted by Crippen LogP contribution is -2.28. The van der Waals surface area contributed by atoms with E-state index >= 15 is 0 Å². The number of benzene rings is 7. The summed E-state index contributed by atoms with van der Waals surface area (Å²) in [5.74, 6) is 1.86. The van der Waals surface area contributed by atoms with E-state index in [4.69, 9.17) is 15.0 Å². The maximum absolute atomic E-state index is 9.88. The normalized spacial score (nSPS) is 13.6. The summed E-state index contributed by atoms with van der Waals surface area (Å²) in [5.41, 5.74) is 17.9. The van der Waals surface area contributed by atoms with Crippen molar-refractivity contribution in [3.63, 3.8) is 0 Å². The van der Waals surface area contributed by atoms with Gasteiger partial charge in [-0.3, -0.25) is 4.98 Å². The number of fused-ring (bicyclic) bond motifs is 5. The largest absolute Gasteiger partial charge is 0.264 e. The molecule has 5 nitrogen and oxygen atoms in total. The van der Waals surface area contributed by atoms with Crippen LogP contribution in [0.4, 0.5) is 0 Å². The van der Waals surface area contributed by atoms with Gasteiger partial charge >= 0.3 is 0 Å². The zero-order valence-corrected chi connectivity index (χ0v) is 34.2. The topological polar surface area (TPSA) is 75.3 Å². The third kappa shape index (κ3) is 6.67. The van der Waals surface area contributed by atoms with Crippen LogP contribution in [-0.2, 0) is 5.41 Å². The van der Waals surface area contributed by atoms with Crippen molar-refractivity contribution in [2.75, 3.05) is 0 Å². The molecule has 0 amide bonds. The Kier molecular flexibility index (Phi) is 9.40. The van der Waals surface area contributed by atoms with E-state index in [9.17, 15) is 5.26 Å². The minimum absolute atomic E-state index is 0.0233. The molecule has 0 unspecified atom stereocenters. The second-order valence-corrected chi connectivity index (χ2v) is 16.5. The van der Waals surface area contributed by atoms with Gasteiger partial charge in [-0.05, 0) is 116 Å².